The number of anilines is 1. The summed E-state index contributed by atoms with van der Waals surface area (Å²) in [6.07, 6.45) is 7.62. The maximum atomic E-state index is 13.1. The number of amides is 2. The Hall–Kier alpha value is -3.69. The highest BCUT2D eigenvalue weighted by atomic mass is 32.2. The van der Waals surface area contributed by atoms with Crippen molar-refractivity contribution >= 4 is 74.0 Å². The molecule has 0 bridgehead atoms. The molecule has 0 saturated carbocycles. The lowest BCUT2D eigenvalue weighted by molar-refractivity contribution is -0.670. The van der Waals surface area contributed by atoms with E-state index in [-0.39, 0.29) is 28.8 Å². The lowest BCUT2D eigenvalue weighted by atomic mass is 10.0. The maximum Gasteiger partial charge on any atom is 0.352 e. The third kappa shape index (κ3) is 4.56. The second-order valence-corrected chi connectivity index (χ2v) is 11.5. The number of β-lactam (4-membered cyclic amide) rings is 1. The molecular weight excluding hydrogens is 550 g/mol. The standard InChI is InChI=1S/C23H23N7O5S3/c1-4-35-27-16(13-9-37-23(24)25-13)19(31)26-17-20(32)30-18(22(33)34)12(8-36-21(17)30)5-6-14-11(2)29-10-28(3)7-15(29)38-14/h5-7,9-10,17,21H,4,8H2,1-3H3,(H3-,24,25,26,31,33,34)/p+1/b6-5?,27-16-/t17-,21-/m1/s1. The van der Waals surface area contributed by atoms with E-state index >= 15 is 0 Å². The van der Waals surface area contributed by atoms with E-state index in [2.05, 4.69) is 19.9 Å². The molecule has 1 fully saturated rings. The van der Waals surface area contributed by atoms with E-state index in [0.717, 1.165) is 26.7 Å². The molecule has 198 valence electrons. The van der Waals surface area contributed by atoms with Gasteiger partial charge in [-0.15, -0.1) is 23.1 Å². The van der Waals surface area contributed by atoms with E-state index in [1.807, 2.05) is 37.1 Å². The molecule has 2 atom stereocenters. The van der Waals surface area contributed by atoms with Crippen molar-refractivity contribution < 1.29 is 28.9 Å². The molecule has 1 saturated heterocycles. The second kappa shape index (κ2) is 10.2. The minimum absolute atomic E-state index is 0.0803. The number of fused-ring (bicyclic) bond motifs is 2. The maximum absolute atomic E-state index is 13.1. The molecule has 0 spiro atoms. The van der Waals surface area contributed by atoms with E-state index in [4.69, 9.17) is 10.6 Å². The number of hydrogen-bond donors (Lipinski definition) is 3. The number of carbonyl (C=O) groups is 3. The van der Waals surface area contributed by atoms with E-state index < -0.39 is 29.2 Å². The van der Waals surface area contributed by atoms with E-state index in [1.54, 1.807) is 29.7 Å². The van der Waals surface area contributed by atoms with Gasteiger partial charge in [0.15, 0.2) is 10.8 Å². The highest BCUT2D eigenvalue weighted by Crippen LogP contribution is 2.41. The van der Waals surface area contributed by atoms with Crippen molar-refractivity contribution in [3.05, 3.63) is 51.5 Å². The molecule has 2 aliphatic rings. The Morgan fingerprint density at radius 2 is 2.21 bits per heavy atom. The molecule has 0 radical (unpaired) electrons. The number of carboxylic acid groups (broad SMARTS) is 1. The Morgan fingerprint density at radius 3 is 2.87 bits per heavy atom. The van der Waals surface area contributed by atoms with Crippen LogP contribution in [0.15, 0.2) is 40.4 Å². The molecule has 2 aliphatic heterocycles. The lowest BCUT2D eigenvalue weighted by Gasteiger charge is -2.49. The van der Waals surface area contributed by atoms with Crippen LogP contribution in [-0.2, 0) is 26.3 Å². The highest BCUT2D eigenvalue weighted by Gasteiger charge is 2.54. The Bertz CT molecular complexity index is 1550. The molecule has 0 aromatic carbocycles. The van der Waals surface area contributed by atoms with Gasteiger partial charge < -0.3 is 21.0 Å². The van der Waals surface area contributed by atoms with Crippen molar-refractivity contribution in [2.24, 2.45) is 12.2 Å². The molecule has 5 heterocycles. The van der Waals surface area contributed by atoms with Crippen LogP contribution < -0.4 is 15.6 Å². The number of aromatic nitrogens is 3. The third-order valence-corrected chi connectivity index (χ3v) is 9.11. The molecule has 4 N–H and O–H groups in total. The number of nitrogens with one attached hydrogen (secondary N) is 1. The number of oxime groups is 1. The van der Waals surface area contributed by atoms with Gasteiger partial charge in [0, 0.05) is 11.1 Å². The molecule has 0 aliphatic carbocycles. The first-order valence-electron chi connectivity index (χ1n) is 11.5. The zero-order chi connectivity index (χ0) is 27.1. The van der Waals surface area contributed by atoms with Gasteiger partial charge >= 0.3 is 5.97 Å². The van der Waals surface area contributed by atoms with Gasteiger partial charge in [0.2, 0.25) is 11.2 Å². The van der Waals surface area contributed by atoms with Gasteiger partial charge in [0.1, 0.15) is 41.3 Å². The summed E-state index contributed by atoms with van der Waals surface area (Å²) in [6.45, 7) is 3.94. The average Bonchev–Trinajstić information content (AvgIpc) is 3.55. The van der Waals surface area contributed by atoms with Gasteiger partial charge in [0.25, 0.3) is 11.8 Å². The SMILES string of the molecule is CCO/N=C(\C(=O)N[C@@H]1C(=O)N2C(C(=O)O)=C(C=Cc3sc4c[n+](C)cn4c3C)CS[C@H]12)c1csc(N)n1. The number of carboxylic acids is 1. The summed E-state index contributed by atoms with van der Waals surface area (Å²) in [7, 11) is 1.95. The predicted molar refractivity (Wildman–Crippen MR) is 145 cm³/mol. The number of hydrogen-bond acceptors (Lipinski definition) is 10. The van der Waals surface area contributed by atoms with Crippen LogP contribution in [-0.4, -0.2) is 66.7 Å². The number of thioether (sulfide) groups is 1. The Balaban J connectivity index is 1.36. The monoisotopic (exact) mass is 574 g/mol. The van der Waals surface area contributed by atoms with Gasteiger partial charge in [-0.1, -0.05) is 22.6 Å². The number of carbonyl (C=O) groups excluding carboxylic acids is 2. The molecule has 0 unspecified atom stereocenters. The fourth-order valence-electron chi connectivity index (χ4n) is 4.18. The Morgan fingerprint density at radius 1 is 1.42 bits per heavy atom. The van der Waals surface area contributed by atoms with Crippen LogP contribution in [0.5, 0.6) is 0 Å². The third-order valence-electron chi connectivity index (χ3n) is 5.97. The summed E-state index contributed by atoms with van der Waals surface area (Å²) in [5.41, 5.74) is 7.29. The van der Waals surface area contributed by atoms with Crippen molar-refractivity contribution in [3.8, 4) is 0 Å². The number of nitrogen functional groups attached to an aromatic ring is 1. The number of nitrogens with zero attached hydrogens (tertiary/aromatic N) is 5. The van der Waals surface area contributed by atoms with Gasteiger partial charge in [-0.05, 0) is 25.5 Å². The molecule has 15 heteroatoms. The van der Waals surface area contributed by atoms with Gasteiger partial charge in [-0.25, -0.2) is 14.3 Å². The average molecular weight is 575 g/mol. The zero-order valence-electron chi connectivity index (χ0n) is 20.6. The molecule has 12 nitrogen and oxygen atoms in total. The Kier molecular flexibility index (Phi) is 6.98. The summed E-state index contributed by atoms with van der Waals surface area (Å²) in [5, 5.41) is 17.7. The number of aliphatic carboxylic acids is 1. The molecule has 2 amide bonds. The minimum atomic E-state index is -1.20. The topological polar surface area (TPSA) is 156 Å². The number of nitrogens with two attached hydrogens (primary N) is 1. The summed E-state index contributed by atoms with van der Waals surface area (Å²) in [5.74, 6) is -2.01. The quantitative estimate of drug-likeness (QED) is 0.158. The fraction of sp³-hybridized carbons (Fsp3) is 0.304. The van der Waals surface area contributed by atoms with Crippen molar-refractivity contribution in [1.29, 1.82) is 0 Å². The van der Waals surface area contributed by atoms with Crippen LogP contribution in [0.4, 0.5) is 5.13 Å². The predicted octanol–water partition coefficient (Wildman–Crippen LogP) is 1.37. The summed E-state index contributed by atoms with van der Waals surface area (Å²) in [4.78, 5) is 50.7. The van der Waals surface area contributed by atoms with Crippen LogP contribution in [0, 0.1) is 6.92 Å². The normalized spacial score (nSPS) is 19.7. The number of rotatable bonds is 8. The van der Waals surface area contributed by atoms with Gasteiger partial charge in [-0.2, -0.15) is 4.40 Å². The minimum Gasteiger partial charge on any atom is -0.477 e. The number of imidazole rings is 1. The zero-order valence-corrected chi connectivity index (χ0v) is 23.0. The molecule has 38 heavy (non-hydrogen) atoms. The van der Waals surface area contributed by atoms with Crippen LogP contribution in [0.1, 0.15) is 23.2 Å². The first kappa shape index (κ1) is 25.9. The van der Waals surface area contributed by atoms with Crippen LogP contribution in [0.25, 0.3) is 10.9 Å². The second-order valence-electron chi connectivity index (χ2n) is 8.47. The summed E-state index contributed by atoms with van der Waals surface area (Å²) < 4.78 is 4.04. The first-order valence-corrected chi connectivity index (χ1v) is 14.2. The van der Waals surface area contributed by atoms with E-state index in [1.165, 1.54) is 16.7 Å². The van der Waals surface area contributed by atoms with Crippen LogP contribution in [0.2, 0.25) is 0 Å². The van der Waals surface area contributed by atoms with Crippen molar-refractivity contribution in [2.75, 3.05) is 18.1 Å². The van der Waals surface area contributed by atoms with Gasteiger partial charge in [-0.3, -0.25) is 14.5 Å². The highest BCUT2D eigenvalue weighted by molar-refractivity contribution is 8.00. The lowest BCUT2D eigenvalue weighted by Crippen LogP contribution is -2.71. The molecule has 3 aromatic heterocycles. The van der Waals surface area contributed by atoms with E-state index in [9.17, 15) is 19.5 Å². The van der Waals surface area contributed by atoms with Crippen LogP contribution >= 0.6 is 34.4 Å². The molecule has 3 aromatic rings. The number of thiazole rings is 2. The summed E-state index contributed by atoms with van der Waals surface area (Å²) in [6, 6.07) is -0.919. The van der Waals surface area contributed by atoms with Crippen LogP contribution in [0.3, 0.4) is 0 Å². The van der Waals surface area contributed by atoms with Crippen molar-refractivity contribution in [1.82, 2.24) is 19.6 Å². The first-order chi connectivity index (χ1) is 18.2. The number of allylic oxidation sites excluding steroid dienone is 1. The smallest absolute Gasteiger partial charge is 0.352 e. The number of aryl methyl sites for hydroxylation is 2. The fourth-order valence-corrected chi connectivity index (χ4v) is 7.16. The largest absolute Gasteiger partial charge is 0.477 e. The Labute approximate surface area is 229 Å². The van der Waals surface area contributed by atoms with Crippen molar-refractivity contribution in [2.45, 2.75) is 25.3 Å². The van der Waals surface area contributed by atoms with Crippen molar-refractivity contribution in [3.63, 3.8) is 0 Å². The molecule has 5 rings (SSSR count). The van der Waals surface area contributed by atoms with E-state index in [0.29, 0.717) is 11.3 Å². The van der Waals surface area contributed by atoms with Gasteiger partial charge in [0.05, 0.1) is 11.9 Å². The molecular formula is C23H24N7O5S3+. The summed E-state index contributed by atoms with van der Waals surface area (Å²) >= 11 is 4.11.